The highest BCUT2D eigenvalue weighted by molar-refractivity contribution is 9.11. The summed E-state index contributed by atoms with van der Waals surface area (Å²) in [7, 11) is 1.62. The van der Waals surface area contributed by atoms with Gasteiger partial charge >= 0.3 is 0 Å². The molecule has 5 heteroatoms. The molecule has 0 saturated heterocycles. The van der Waals surface area contributed by atoms with Gasteiger partial charge in [0.25, 0.3) is 0 Å². The fourth-order valence-corrected chi connectivity index (χ4v) is 3.33. The van der Waals surface area contributed by atoms with Crippen LogP contribution in [0, 0.1) is 0 Å². The Morgan fingerprint density at radius 3 is 2.72 bits per heavy atom. The highest BCUT2D eigenvalue weighted by Gasteiger charge is 2.02. The van der Waals surface area contributed by atoms with Crippen molar-refractivity contribution in [2.45, 2.75) is 13.1 Å². The number of rotatable bonds is 5. The number of thiophene rings is 1. The van der Waals surface area contributed by atoms with Gasteiger partial charge in [0.05, 0.1) is 15.9 Å². The lowest BCUT2D eigenvalue weighted by Gasteiger charge is -2.07. The smallest absolute Gasteiger partial charge is 0.137 e. The van der Waals surface area contributed by atoms with Crippen LogP contribution in [-0.4, -0.2) is 7.11 Å². The molecule has 0 radical (unpaired) electrons. The fraction of sp³-hybridized carbons (Fsp3) is 0.231. The Balaban J connectivity index is 1.88. The highest BCUT2D eigenvalue weighted by Crippen LogP contribution is 2.25. The number of methoxy groups -OCH3 is 1. The molecule has 2 rings (SSSR count). The SMILES string of the molecule is COc1ccc(CNCc2ccc(Br)s2)cc1Cl. The molecule has 0 aliphatic carbocycles. The monoisotopic (exact) mass is 345 g/mol. The van der Waals surface area contributed by atoms with Crippen LogP contribution in [0.15, 0.2) is 34.1 Å². The molecule has 0 unspecified atom stereocenters. The van der Waals surface area contributed by atoms with E-state index in [2.05, 4.69) is 33.4 Å². The van der Waals surface area contributed by atoms with Gasteiger partial charge in [-0.05, 0) is 45.8 Å². The van der Waals surface area contributed by atoms with Gasteiger partial charge in [-0.15, -0.1) is 11.3 Å². The Bertz CT molecular complexity index is 529. The molecular formula is C13H13BrClNOS. The van der Waals surface area contributed by atoms with E-state index < -0.39 is 0 Å². The van der Waals surface area contributed by atoms with Crippen LogP contribution in [0.2, 0.25) is 5.02 Å². The topological polar surface area (TPSA) is 21.3 Å². The van der Waals surface area contributed by atoms with E-state index in [9.17, 15) is 0 Å². The second kappa shape index (κ2) is 6.57. The zero-order valence-electron chi connectivity index (χ0n) is 9.87. The quantitative estimate of drug-likeness (QED) is 0.863. The normalized spacial score (nSPS) is 10.6. The first-order chi connectivity index (χ1) is 8.69. The van der Waals surface area contributed by atoms with Gasteiger partial charge in [0.2, 0.25) is 0 Å². The average Bonchev–Trinajstić information content (AvgIpc) is 2.75. The maximum atomic E-state index is 6.07. The first-order valence-corrected chi connectivity index (χ1v) is 7.45. The van der Waals surface area contributed by atoms with Crippen molar-refractivity contribution in [3.8, 4) is 5.75 Å². The molecule has 0 saturated carbocycles. The van der Waals surface area contributed by atoms with Crippen molar-refractivity contribution in [3.63, 3.8) is 0 Å². The summed E-state index contributed by atoms with van der Waals surface area (Å²) < 4.78 is 6.28. The van der Waals surface area contributed by atoms with Crippen molar-refractivity contribution >= 4 is 38.9 Å². The molecule has 2 nitrogen and oxygen atoms in total. The van der Waals surface area contributed by atoms with Crippen LogP contribution in [0.25, 0.3) is 0 Å². The molecule has 0 atom stereocenters. The largest absolute Gasteiger partial charge is 0.495 e. The van der Waals surface area contributed by atoms with E-state index >= 15 is 0 Å². The van der Waals surface area contributed by atoms with Gasteiger partial charge in [-0.2, -0.15) is 0 Å². The number of halogens is 2. The van der Waals surface area contributed by atoms with Gasteiger partial charge in [0, 0.05) is 18.0 Å². The van der Waals surface area contributed by atoms with E-state index in [0.717, 1.165) is 22.4 Å². The lowest BCUT2D eigenvalue weighted by Crippen LogP contribution is -2.11. The number of ether oxygens (including phenoxy) is 1. The maximum Gasteiger partial charge on any atom is 0.137 e. The predicted molar refractivity (Wildman–Crippen MR) is 80.6 cm³/mol. The summed E-state index contributed by atoms with van der Waals surface area (Å²) in [5, 5.41) is 4.03. The summed E-state index contributed by atoms with van der Waals surface area (Å²) >= 11 is 11.3. The Morgan fingerprint density at radius 1 is 1.28 bits per heavy atom. The van der Waals surface area contributed by atoms with Crippen LogP contribution in [-0.2, 0) is 13.1 Å². The van der Waals surface area contributed by atoms with Crippen LogP contribution >= 0.6 is 38.9 Å². The van der Waals surface area contributed by atoms with Gasteiger partial charge in [-0.25, -0.2) is 0 Å². The second-order valence-electron chi connectivity index (χ2n) is 3.78. The van der Waals surface area contributed by atoms with E-state index in [1.54, 1.807) is 18.4 Å². The molecule has 2 aromatic rings. The fourth-order valence-electron chi connectivity index (χ4n) is 1.60. The molecule has 1 heterocycles. The molecular weight excluding hydrogens is 334 g/mol. The first-order valence-electron chi connectivity index (χ1n) is 5.46. The number of hydrogen-bond acceptors (Lipinski definition) is 3. The molecule has 18 heavy (non-hydrogen) atoms. The molecule has 0 aliphatic heterocycles. The molecule has 0 fully saturated rings. The van der Waals surface area contributed by atoms with E-state index in [1.165, 1.54) is 4.88 Å². The predicted octanol–water partition coefficient (Wildman–Crippen LogP) is 4.46. The molecule has 1 aromatic heterocycles. The van der Waals surface area contributed by atoms with Crippen molar-refractivity contribution < 1.29 is 4.74 Å². The zero-order chi connectivity index (χ0) is 13.0. The van der Waals surface area contributed by atoms with Crippen LogP contribution in [0.4, 0.5) is 0 Å². The lowest BCUT2D eigenvalue weighted by molar-refractivity contribution is 0.415. The molecule has 0 amide bonds. The average molecular weight is 347 g/mol. The summed E-state index contributed by atoms with van der Waals surface area (Å²) in [5.74, 6) is 0.711. The summed E-state index contributed by atoms with van der Waals surface area (Å²) in [6, 6.07) is 10.0. The third-order valence-corrected chi connectivity index (χ3v) is 4.39. The minimum absolute atomic E-state index is 0.649. The molecule has 0 aliphatic rings. The van der Waals surface area contributed by atoms with Crippen molar-refractivity contribution in [2.75, 3.05) is 7.11 Å². The van der Waals surface area contributed by atoms with E-state index in [0.29, 0.717) is 10.8 Å². The maximum absolute atomic E-state index is 6.07. The summed E-state index contributed by atoms with van der Waals surface area (Å²) in [4.78, 5) is 1.31. The lowest BCUT2D eigenvalue weighted by atomic mass is 10.2. The summed E-state index contributed by atoms with van der Waals surface area (Å²) in [6.45, 7) is 1.65. The van der Waals surface area contributed by atoms with E-state index in [-0.39, 0.29) is 0 Å². The van der Waals surface area contributed by atoms with Gasteiger partial charge in [-0.1, -0.05) is 17.7 Å². The first kappa shape index (κ1) is 13.9. The standard InChI is InChI=1S/C13H13BrClNOS/c1-17-12-4-2-9(6-11(12)15)7-16-8-10-3-5-13(14)18-10/h2-6,16H,7-8H2,1H3. The van der Waals surface area contributed by atoms with Crippen molar-refractivity contribution in [1.29, 1.82) is 0 Å². The minimum Gasteiger partial charge on any atom is -0.495 e. The van der Waals surface area contributed by atoms with Crippen molar-refractivity contribution in [3.05, 3.63) is 49.6 Å². The van der Waals surface area contributed by atoms with Crippen molar-refractivity contribution in [2.24, 2.45) is 0 Å². The van der Waals surface area contributed by atoms with Gasteiger partial charge in [-0.3, -0.25) is 0 Å². The Hall–Kier alpha value is -0.550. The van der Waals surface area contributed by atoms with Crippen LogP contribution in [0.5, 0.6) is 5.75 Å². The van der Waals surface area contributed by atoms with Crippen LogP contribution in [0.3, 0.4) is 0 Å². The minimum atomic E-state index is 0.649. The number of nitrogens with one attached hydrogen (secondary N) is 1. The van der Waals surface area contributed by atoms with E-state index in [4.69, 9.17) is 16.3 Å². The number of hydrogen-bond donors (Lipinski definition) is 1. The van der Waals surface area contributed by atoms with E-state index in [1.807, 2.05) is 18.2 Å². The Labute approximate surface area is 124 Å². The molecule has 0 bridgehead atoms. The third-order valence-electron chi connectivity index (χ3n) is 2.47. The number of benzene rings is 1. The molecule has 0 spiro atoms. The highest BCUT2D eigenvalue weighted by atomic mass is 79.9. The molecule has 1 N–H and O–H groups in total. The third kappa shape index (κ3) is 3.72. The van der Waals surface area contributed by atoms with Crippen LogP contribution in [0.1, 0.15) is 10.4 Å². The van der Waals surface area contributed by atoms with Crippen molar-refractivity contribution in [1.82, 2.24) is 5.32 Å². The Kier molecular flexibility index (Phi) is 5.06. The second-order valence-corrected chi connectivity index (χ2v) is 6.73. The van der Waals surface area contributed by atoms with Gasteiger partial charge in [0.1, 0.15) is 5.75 Å². The molecule has 1 aromatic carbocycles. The summed E-state index contributed by atoms with van der Waals surface area (Å²) in [5.41, 5.74) is 1.15. The Morgan fingerprint density at radius 2 is 2.11 bits per heavy atom. The zero-order valence-corrected chi connectivity index (χ0v) is 13.0. The summed E-state index contributed by atoms with van der Waals surface area (Å²) in [6.07, 6.45) is 0. The van der Waals surface area contributed by atoms with Gasteiger partial charge in [0.15, 0.2) is 0 Å². The molecule has 96 valence electrons. The van der Waals surface area contributed by atoms with Gasteiger partial charge < -0.3 is 10.1 Å². The van der Waals surface area contributed by atoms with Crippen LogP contribution < -0.4 is 10.1 Å².